The van der Waals surface area contributed by atoms with Crippen molar-refractivity contribution in [2.45, 2.75) is 62.0 Å². The zero-order valence-corrected chi connectivity index (χ0v) is 17.5. The summed E-state index contributed by atoms with van der Waals surface area (Å²) in [5, 5.41) is 0. The zero-order valence-electron chi connectivity index (χ0n) is 14.4. The van der Waals surface area contributed by atoms with Gasteiger partial charge in [-0.15, -0.1) is 0 Å². The number of carbonyl (C=O) groups excluding carboxylic acids is 2. The summed E-state index contributed by atoms with van der Waals surface area (Å²) in [5.41, 5.74) is 0. The van der Waals surface area contributed by atoms with Gasteiger partial charge in [0.2, 0.25) is 0 Å². The third-order valence-electron chi connectivity index (χ3n) is 3.87. The van der Waals surface area contributed by atoms with Crippen LogP contribution in [0.4, 0.5) is 0 Å². The summed E-state index contributed by atoms with van der Waals surface area (Å²) in [4.78, 5) is 24.8. The number of hydrogen-bond acceptors (Lipinski definition) is 2. The molecule has 0 radical (unpaired) electrons. The van der Waals surface area contributed by atoms with Crippen LogP contribution in [0, 0.1) is 0 Å². The Labute approximate surface area is 165 Å². The van der Waals surface area contributed by atoms with Gasteiger partial charge in [-0.25, -0.2) is 0 Å². The summed E-state index contributed by atoms with van der Waals surface area (Å²) in [6, 6.07) is 0. The first-order chi connectivity index (χ1) is 11.3. The van der Waals surface area contributed by atoms with Gasteiger partial charge >= 0.3 is 0 Å². The maximum atomic E-state index is 11.7. The quantitative estimate of drug-likeness (QED) is 0.321. The second-order valence-corrected chi connectivity index (χ2v) is 7.75. The fraction of sp³-hybridized carbons (Fsp3) is 0.875. The molecular formula is C16H28Cl4N2O2. The Morgan fingerprint density at radius 3 is 1.21 bits per heavy atom. The highest BCUT2D eigenvalue weighted by Gasteiger charge is 2.19. The molecule has 4 nitrogen and oxygen atoms in total. The molecule has 0 aromatic carbocycles. The largest absolute Gasteiger partial charge is 0.341 e. The van der Waals surface area contributed by atoms with Gasteiger partial charge in [-0.2, -0.15) is 0 Å². The number of rotatable bonds is 13. The van der Waals surface area contributed by atoms with Crippen molar-refractivity contribution >= 4 is 58.2 Å². The van der Waals surface area contributed by atoms with Crippen LogP contribution in [0.1, 0.15) is 52.4 Å². The molecule has 0 atom stereocenters. The highest BCUT2D eigenvalue weighted by molar-refractivity contribution is 6.53. The molecule has 0 aliphatic rings. The first-order valence-corrected chi connectivity index (χ1v) is 10.2. The second kappa shape index (κ2) is 14.3. The molecule has 142 valence electrons. The highest BCUT2D eigenvalue weighted by atomic mass is 35.5. The first kappa shape index (κ1) is 24.1. The summed E-state index contributed by atoms with van der Waals surface area (Å²) in [5.74, 6) is -0.441. The second-order valence-electron chi connectivity index (χ2n) is 5.56. The molecule has 0 N–H and O–H groups in total. The minimum Gasteiger partial charge on any atom is -0.341 e. The number of unbranched alkanes of at least 4 members (excludes halogenated alkanes) is 5. The van der Waals surface area contributed by atoms with E-state index in [4.69, 9.17) is 46.4 Å². The fourth-order valence-electron chi connectivity index (χ4n) is 2.44. The molecule has 0 spiro atoms. The molecule has 2 amide bonds. The van der Waals surface area contributed by atoms with E-state index in [1.807, 2.05) is 13.8 Å². The minimum absolute atomic E-state index is 0.220. The Kier molecular flexibility index (Phi) is 14.3. The summed E-state index contributed by atoms with van der Waals surface area (Å²) >= 11 is 22.4. The van der Waals surface area contributed by atoms with E-state index in [0.717, 1.165) is 38.5 Å². The van der Waals surface area contributed by atoms with E-state index in [0.29, 0.717) is 26.2 Å². The Balaban J connectivity index is 3.73. The topological polar surface area (TPSA) is 40.6 Å². The molecule has 0 saturated heterocycles. The van der Waals surface area contributed by atoms with Gasteiger partial charge in [0.05, 0.1) is 0 Å². The molecule has 0 aliphatic carbocycles. The van der Waals surface area contributed by atoms with E-state index < -0.39 is 9.67 Å². The van der Waals surface area contributed by atoms with Crippen molar-refractivity contribution in [1.29, 1.82) is 0 Å². The van der Waals surface area contributed by atoms with Gasteiger partial charge in [0.15, 0.2) is 9.67 Å². The van der Waals surface area contributed by atoms with Crippen molar-refractivity contribution in [2.24, 2.45) is 0 Å². The van der Waals surface area contributed by atoms with Crippen LogP contribution in [0.3, 0.4) is 0 Å². The van der Waals surface area contributed by atoms with Crippen LogP contribution in [-0.4, -0.2) is 57.5 Å². The predicted octanol–water partition coefficient (Wildman–Crippen LogP) is 4.63. The van der Waals surface area contributed by atoms with E-state index in [-0.39, 0.29) is 11.8 Å². The summed E-state index contributed by atoms with van der Waals surface area (Å²) in [6.07, 6.45) is 6.21. The van der Waals surface area contributed by atoms with Gasteiger partial charge in [-0.05, 0) is 26.7 Å². The highest BCUT2D eigenvalue weighted by Crippen LogP contribution is 2.12. The molecule has 0 aromatic rings. The number of carbonyl (C=O) groups is 2. The van der Waals surface area contributed by atoms with Crippen LogP contribution < -0.4 is 0 Å². The summed E-state index contributed by atoms with van der Waals surface area (Å²) < 4.78 is 0. The lowest BCUT2D eigenvalue weighted by Gasteiger charge is -2.21. The Bertz CT molecular complexity index is 334. The zero-order chi connectivity index (χ0) is 18.5. The van der Waals surface area contributed by atoms with E-state index in [2.05, 4.69) is 0 Å². The lowest BCUT2D eigenvalue weighted by molar-refractivity contribution is -0.130. The van der Waals surface area contributed by atoms with Crippen molar-refractivity contribution in [1.82, 2.24) is 9.80 Å². The third kappa shape index (κ3) is 10.2. The Hall–Kier alpha value is 0.1000. The third-order valence-corrected chi connectivity index (χ3v) is 4.61. The molecule has 0 saturated carbocycles. The van der Waals surface area contributed by atoms with Crippen LogP contribution in [-0.2, 0) is 9.59 Å². The lowest BCUT2D eigenvalue weighted by Crippen LogP contribution is -2.35. The van der Waals surface area contributed by atoms with Crippen molar-refractivity contribution in [2.75, 3.05) is 26.2 Å². The molecule has 0 rings (SSSR count). The molecule has 0 heterocycles. The van der Waals surface area contributed by atoms with Crippen molar-refractivity contribution < 1.29 is 9.59 Å². The number of amides is 2. The van der Waals surface area contributed by atoms with Gasteiger partial charge < -0.3 is 9.80 Å². The van der Waals surface area contributed by atoms with E-state index >= 15 is 0 Å². The molecule has 0 aromatic heterocycles. The van der Waals surface area contributed by atoms with E-state index in [1.165, 1.54) is 0 Å². The van der Waals surface area contributed by atoms with Crippen molar-refractivity contribution in [3.63, 3.8) is 0 Å². The number of halogens is 4. The SMILES string of the molecule is CCN(CCCCCCCCN(CC)C(=O)C(Cl)Cl)C(=O)C(Cl)Cl. The monoisotopic (exact) mass is 420 g/mol. The molecule has 24 heavy (non-hydrogen) atoms. The van der Waals surface area contributed by atoms with Gasteiger partial charge in [0.25, 0.3) is 11.8 Å². The molecule has 8 heteroatoms. The molecule has 0 aliphatic heterocycles. The van der Waals surface area contributed by atoms with Crippen LogP contribution in [0.25, 0.3) is 0 Å². The summed E-state index contributed by atoms with van der Waals surface area (Å²) in [7, 11) is 0. The number of hydrogen-bond donors (Lipinski definition) is 0. The van der Waals surface area contributed by atoms with Gasteiger partial charge in [0, 0.05) is 26.2 Å². The standard InChI is InChI=1S/C16H28Cl4N2O2/c1-3-21(15(23)13(17)18)11-9-7-5-6-8-10-12-22(4-2)16(24)14(19)20/h13-14H,3-12H2,1-2H3. The van der Waals surface area contributed by atoms with Gasteiger partial charge in [0.1, 0.15) is 0 Å². The normalized spacial score (nSPS) is 11.2. The smallest absolute Gasteiger partial charge is 0.255 e. The maximum Gasteiger partial charge on any atom is 0.255 e. The van der Waals surface area contributed by atoms with E-state index in [9.17, 15) is 9.59 Å². The van der Waals surface area contributed by atoms with Crippen LogP contribution >= 0.6 is 46.4 Å². The van der Waals surface area contributed by atoms with Crippen LogP contribution in [0.15, 0.2) is 0 Å². The lowest BCUT2D eigenvalue weighted by atomic mass is 10.1. The van der Waals surface area contributed by atoms with Crippen molar-refractivity contribution in [3.05, 3.63) is 0 Å². The molecular weight excluding hydrogens is 394 g/mol. The molecule has 0 fully saturated rings. The Morgan fingerprint density at radius 1 is 0.667 bits per heavy atom. The van der Waals surface area contributed by atoms with Gasteiger partial charge in [-0.1, -0.05) is 72.1 Å². The fourth-order valence-corrected chi connectivity index (χ4v) is 2.99. The average Bonchev–Trinajstić information content (AvgIpc) is 2.55. The average molecular weight is 422 g/mol. The molecule has 0 bridgehead atoms. The van der Waals surface area contributed by atoms with Gasteiger partial charge in [-0.3, -0.25) is 9.59 Å². The van der Waals surface area contributed by atoms with Crippen LogP contribution in [0.5, 0.6) is 0 Å². The number of alkyl halides is 4. The Morgan fingerprint density at radius 2 is 0.958 bits per heavy atom. The molecule has 0 unspecified atom stereocenters. The van der Waals surface area contributed by atoms with E-state index in [1.54, 1.807) is 9.80 Å². The van der Waals surface area contributed by atoms with Crippen LogP contribution in [0.2, 0.25) is 0 Å². The minimum atomic E-state index is -0.977. The number of nitrogens with zero attached hydrogens (tertiary/aromatic N) is 2. The first-order valence-electron chi connectivity index (χ1n) is 8.48. The van der Waals surface area contributed by atoms with Crippen molar-refractivity contribution in [3.8, 4) is 0 Å². The summed E-state index contributed by atoms with van der Waals surface area (Å²) in [6.45, 7) is 6.46. The predicted molar refractivity (Wildman–Crippen MR) is 103 cm³/mol. The maximum absolute atomic E-state index is 11.7.